The zero-order valence-electron chi connectivity index (χ0n) is 16.4. The molecule has 0 atom stereocenters. The Hall–Kier alpha value is -2.17. The third-order valence-electron chi connectivity index (χ3n) is 5.84. The lowest BCUT2D eigenvalue weighted by atomic mass is 9.88. The van der Waals surface area contributed by atoms with Crippen LogP contribution in [0.3, 0.4) is 0 Å². The van der Waals surface area contributed by atoms with Crippen molar-refractivity contribution in [1.29, 1.82) is 0 Å². The number of ether oxygens (including phenoxy) is 1. The molecule has 2 saturated carbocycles. The van der Waals surface area contributed by atoms with Crippen LogP contribution < -0.4 is 0 Å². The molecule has 0 radical (unpaired) electrons. The van der Waals surface area contributed by atoms with Gasteiger partial charge in [0.1, 0.15) is 5.82 Å². The monoisotopic (exact) mass is 387 g/mol. The quantitative estimate of drug-likeness (QED) is 0.516. The zero-order chi connectivity index (χ0) is 19.8. The second-order valence-corrected chi connectivity index (χ2v) is 7.88. The lowest BCUT2D eigenvalue weighted by molar-refractivity contribution is -0.152. The molecule has 3 rings (SSSR count). The van der Waals surface area contributed by atoms with E-state index in [1.54, 1.807) is 18.2 Å². The van der Waals surface area contributed by atoms with Gasteiger partial charge < -0.3 is 9.64 Å². The van der Waals surface area contributed by atoms with E-state index in [4.69, 9.17) is 4.74 Å². The molecule has 0 aliphatic heterocycles. The number of rotatable bonds is 6. The van der Waals surface area contributed by atoms with Crippen molar-refractivity contribution in [2.45, 2.75) is 76.3 Å². The molecule has 2 fully saturated rings. The maximum atomic E-state index is 12.9. The number of benzene rings is 1. The van der Waals surface area contributed by atoms with Gasteiger partial charge in [0, 0.05) is 18.2 Å². The number of esters is 1. The van der Waals surface area contributed by atoms with Crippen molar-refractivity contribution in [1.82, 2.24) is 4.90 Å². The normalized spacial score (nSPS) is 18.9. The smallest absolute Gasteiger partial charge is 0.331 e. The fourth-order valence-electron chi connectivity index (χ4n) is 4.42. The molecule has 1 aromatic rings. The molecule has 4 nitrogen and oxygen atoms in total. The molecule has 0 unspecified atom stereocenters. The molecule has 0 spiro atoms. The standard InChI is InChI=1S/C23H30FNO3/c24-19-14-11-18(12-15-19)13-16-23(27)28-17-22(26)25(20-7-3-1-4-8-20)21-9-5-2-6-10-21/h11-16,20-21H,1-10,17H2/b16-13+. The molecule has 2 aliphatic rings. The van der Waals surface area contributed by atoms with Crippen molar-refractivity contribution in [2.75, 3.05) is 6.61 Å². The van der Waals surface area contributed by atoms with E-state index in [-0.39, 0.29) is 30.4 Å². The van der Waals surface area contributed by atoms with Crippen LogP contribution >= 0.6 is 0 Å². The zero-order valence-corrected chi connectivity index (χ0v) is 16.4. The number of hydrogen-bond acceptors (Lipinski definition) is 3. The molecule has 28 heavy (non-hydrogen) atoms. The maximum absolute atomic E-state index is 12.9. The van der Waals surface area contributed by atoms with E-state index in [2.05, 4.69) is 4.90 Å². The summed E-state index contributed by atoms with van der Waals surface area (Å²) in [6, 6.07) is 6.41. The highest BCUT2D eigenvalue weighted by Crippen LogP contribution is 2.30. The number of hydrogen-bond donors (Lipinski definition) is 0. The molecule has 5 heteroatoms. The van der Waals surface area contributed by atoms with Gasteiger partial charge in [-0.05, 0) is 49.5 Å². The minimum absolute atomic E-state index is 0.0673. The first-order valence-corrected chi connectivity index (χ1v) is 10.5. The van der Waals surface area contributed by atoms with Gasteiger partial charge in [0.25, 0.3) is 5.91 Å². The predicted molar refractivity (Wildman–Crippen MR) is 107 cm³/mol. The number of halogens is 1. The van der Waals surface area contributed by atoms with E-state index < -0.39 is 5.97 Å². The van der Waals surface area contributed by atoms with Crippen molar-refractivity contribution in [3.63, 3.8) is 0 Å². The van der Waals surface area contributed by atoms with Gasteiger partial charge in [0.05, 0.1) is 0 Å². The Kier molecular flexibility index (Phi) is 7.63. The maximum Gasteiger partial charge on any atom is 0.331 e. The lowest BCUT2D eigenvalue weighted by Gasteiger charge is -2.41. The van der Waals surface area contributed by atoms with Crippen LogP contribution in [0.2, 0.25) is 0 Å². The Balaban J connectivity index is 1.56. The summed E-state index contributed by atoms with van der Waals surface area (Å²) in [5.74, 6) is -0.942. The molecular weight excluding hydrogens is 357 g/mol. The molecule has 0 aromatic heterocycles. The van der Waals surface area contributed by atoms with Crippen molar-refractivity contribution in [2.24, 2.45) is 0 Å². The van der Waals surface area contributed by atoms with Crippen molar-refractivity contribution in [3.05, 3.63) is 41.7 Å². The minimum atomic E-state index is -0.551. The van der Waals surface area contributed by atoms with Crippen LogP contribution in [0.25, 0.3) is 6.08 Å². The van der Waals surface area contributed by atoms with Gasteiger partial charge in [0.2, 0.25) is 0 Å². The van der Waals surface area contributed by atoms with Gasteiger partial charge in [-0.25, -0.2) is 9.18 Å². The molecule has 2 aliphatic carbocycles. The first-order valence-electron chi connectivity index (χ1n) is 10.5. The van der Waals surface area contributed by atoms with Gasteiger partial charge in [-0.2, -0.15) is 0 Å². The lowest BCUT2D eigenvalue weighted by Crippen LogP contribution is -2.50. The summed E-state index contributed by atoms with van der Waals surface area (Å²) in [6.45, 7) is -0.209. The molecule has 0 heterocycles. The summed E-state index contributed by atoms with van der Waals surface area (Å²) >= 11 is 0. The molecule has 0 bridgehead atoms. The molecule has 1 aromatic carbocycles. The van der Waals surface area contributed by atoms with Crippen LogP contribution in [-0.2, 0) is 14.3 Å². The van der Waals surface area contributed by atoms with Gasteiger partial charge in [-0.15, -0.1) is 0 Å². The van der Waals surface area contributed by atoms with Gasteiger partial charge >= 0.3 is 5.97 Å². The summed E-state index contributed by atoms with van der Waals surface area (Å²) in [6.07, 6.45) is 14.2. The Morgan fingerprint density at radius 1 is 0.929 bits per heavy atom. The predicted octanol–water partition coefficient (Wildman–Crippen LogP) is 4.88. The third-order valence-corrected chi connectivity index (χ3v) is 5.84. The second-order valence-electron chi connectivity index (χ2n) is 7.88. The van der Waals surface area contributed by atoms with Gasteiger partial charge in [0.15, 0.2) is 6.61 Å². The number of carbonyl (C=O) groups excluding carboxylic acids is 2. The van der Waals surface area contributed by atoms with E-state index >= 15 is 0 Å². The van der Waals surface area contributed by atoms with E-state index in [0.717, 1.165) is 25.7 Å². The van der Waals surface area contributed by atoms with Crippen molar-refractivity contribution < 1.29 is 18.7 Å². The summed E-state index contributed by atoms with van der Waals surface area (Å²) in [7, 11) is 0. The number of carbonyl (C=O) groups is 2. The number of nitrogens with zero attached hydrogens (tertiary/aromatic N) is 1. The first-order chi connectivity index (χ1) is 13.6. The Bertz CT molecular complexity index is 656. The molecule has 152 valence electrons. The average molecular weight is 387 g/mol. The summed E-state index contributed by atoms with van der Waals surface area (Å²) in [4.78, 5) is 27.0. The Labute approximate surface area is 166 Å². The highest BCUT2D eigenvalue weighted by Gasteiger charge is 2.32. The van der Waals surface area contributed by atoms with E-state index in [1.807, 2.05) is 0 Å². The van der Waals surface area contributed by atoms with Crippen molar-refractivity contribution in [3.8, 4) is 0 Å². The van der Waals surface area contributed by atoms with Crippen LogP contribution in [0, 0.1) is 5.82 Å². The highest BCUT2D eigenvalue weighted by molar-refractivity contribution is 5.89. The fourth-order valence-corrected chi connectivity index (χ4v) is 4.42. The number of amides is 1. The van der Waals surface area contributed by atoms with E-state index in [1.165, 1.54) is 56.7 Å². The van der Waals surface area contributed by atoms with Crippen LogP contribution in [0.4, 0.5) is 4.39 Å². The summed E-state index contributed by atoms with van der Waals surface area (Å²) in [5.41, 5.74) is 0.704. The molecule has 1 amide bonds. The Morgan fingerprint density at radius 2 is 1.46 bits per heavy atom. The largest absolute Gasteiger partial charge is 0.452 e. The third kappa shape index (κ3) is 5.91. The Morgan fingerprint density at radius 3 is 2.00 bits per heavy atom. The molecular formula is C23H30FNO3. The van der Waals surface area contributed by atoms with Gasteiger partial charge in [-0.1, -0.05) is 50.7 Å². The van der Waals surface area contributed by atoms with Crippen LogP contribution in [0.5, 0.6) is 0 Å². The van der Waals surface area contributed by atoms with Crippen LogP contribution in [0.15, 0.2) is 30.3 Å². The topological polar surface area (TPSA) is 46.6 Å². The van der Waals surface area contributed by atoms with E-state index in [9.17, 15) is 14.0 Å². The SMILES string of the molecule is O=C(/C=C/c1ccc(F)cc1)OCC(=O)N(C1CCCCC1)C1CCCCC1. The molecule has 0 saturated heterocycles. The van der Waals surface area contributed by atoms with E-state index in [0.29, 0.717) is 5.56 Å². The second kappa shape index (κ2) is 10.4. The minimum Gasteiger partial charge on any atom is -0.452 e. The van der Waals surface area contributed by atoms with Gasteiger partial charge in [-0.3, -0.25) is 4.79 Å². The first kappa shape index (κ1) is 20.6. The van der Waals surface area contributed by atoms with Crippen molar-refractivity contribution >= 4 is 18.0 Å². The molecule has 0 N–H and O–H groups in total. The van der Waals surface area contributed by atoms with Crippen LogP contribution in [-0.4, -0.2) is 35.5 Å². The fraction of sp³-hybridized carbons (Fsp3) is 0.565. The average Bonchev–Trinajstić information content (AvgIpc) is 2.73. The van der Waals surface area contributed by atoms with Crippen LogP contribution in [0.1, 0.15) is 69.8 Å². The summed E-state index contributed by atoms with van der Waals surface area (Å²) < 4.78 is 18.1. The highest BCUT2D eigenvalue weighted by atomic mass is 19.1. The summed E-state index contributed by atoms with van der Waals surface area (Å²) in [5, 5.41) is 0.